The minimum absolute atomic E-state index is 0.643. The molecule has 2 aromatic carbocycles. The van der Waals surface area contributed by atoms with E-state index < -0.39 is 0 Å². The molecule has 0 aliphatic carbocycles. The van der Waals surface area contributed by atoms with Crippen LogP contribution in [0.1, 0.15) is 11.1 Å². The molecular weight excluding hydrogens is 224 g/mol. The number of benzene rings is 2. The van der Waals surface area contributed by atoms with Gasteiger partial charge in [0, 0.05) is 21.9 Å². The van der Waals surface area contributed by atoms with Crippen LogP contribution in [0, 0.1) is 0 Å². The highest BCUT2D eigenvalue weighted by atomic mass is 16.5. The molecular formula is C16H12O2. The van der Waals surface area contributed by atoms with Crippen LogP contribution < -0.4 is 9.47 Å². The van der Waals surface area contributed by atoms with Gasteiger partial charge < -0.3 is 9.47 Å². The normalized spacial score (nSPS) is 15.8. The van der Waals surface area contributed by atoms with Crippen LogP contribution in [0.4, 0.5) is 0 Å². The van der Waals surface area contributed by atoms with Crippen LogP contribution in [0.25, 0.3) is 22.9 Å². The van der Waals surface area contributed by atoms with Crippen LogP contribution in [0.15, 0.2) is 36.4 Å². The van der Waals surface area contributed by atoms with Crippen molar-refractivity contribution in [3.8, 4) is 11.5 Å². The second-order valence-corrected chi connectivity index (χ2v) is 4.49. The first-order chi connectivity index (χ1) is 8.93. The van der Waals surface area contributed by atoms with Gasteiger partial charge in [-0.25, -0.2) is 0 Å². The lowest BCUT2D eigenvalue weighted by Gasteiger charge is -2.19. The maximum atomic E-state index is 5.77. The molecule has 2 heterocycles. The van der Waals surface area contributed by atoms with Crippen LogP contribution in [-0.4, -0.2) is 13.2 Å². The van der Waals surface area contributed by atoms with Crippen LogP contribution in [0.5, 0.6) is 11.5 Å². The van der Waals surface area contributed by atoms with Crippen LogP contribution in [-0.2, 0) is 0 Å². The first-order valence-electron chi connectivity index (χ1n) is 6.12. The van der Waals surface area contributed by atoms with Crippen molar-refractivity contribution in [3.05, 3.63) is 47.5 Å². The van der Waals surface area contributed by atoms with Gasteiger partial charge in [-0.2, -0.15) is 0 Å². The van der Waals surface area contributed by atoms with E-state index in [4.69, 9.17) is 9.47 Å². The van der Waals surface area contributed by atoms with Gasteiger partial charge >= 0.3 is 0 Å². The van der Waals surface area contributed by atoms with Crippen molar-refractivity contribution in [3.63, 3.8) is 0 Å². The van der Waals surface area contributed by atoms with Crippen LogP contribution >= 0.6 is 0 Å². The predicted octanol–water partition coefficient (Wildman–Crippen LogP) is 3.65. The second kappa shape index (κ2) is 3.64. The van der Waals surface area contributed by atoms with Crippen molar-refractivity contribution in [1.82, 2.24) is 0 Å². The zero-order valence-electron chi connectivity index (χ0n) is 9.85. The Kier molecular flexibility index (Phi) is 1.97. The lowest BCUT2D eigenvalue weighted by molar-refractivity contribution is 0.359. The summed E-state index contributed by atoms with van der Waals surface area (Å²) in [5.74, 6) is 1.94. The van der Waals surface area contributed by atoms with Gasteiger partial charge in [-0.3, -0.25) is 0 Å². The molecule has 0 unspecified atom stereocenters. The molecule has 0 atom stereocenters. The van der Waals surface area contributed by atoms with Gasteiger partial charge in [0.1, 0.15) is 24.7 Å². The fourth-order valence-corrected chi connectivity index (χ4v) is 2.58. The van der Waals surface area contributed by atoms with Crippen molar-refractivity contribution in [2.45, 2.75) is 0 Å². The molecule has 0 spiro atoms. The Morgan fingerprint density at radius 1 is 0.667 bits per heavy atom. The number of hydrogen-bond donors (Lipinski definition) is 0. The summed E-state index contributed by atoms with van der Waals surface area (Å²) in [7, 11) is 0. The van der Waals surface area contributed by atoms with Gasteiger partial charge in [-0.05, 0) is 24.3 Å². The average molecular weight is 236 g/mol. The molecule has 2 aliphatic rings. The van der Waals surface area contributed by atoms with Crippen molar-refractivity contribution in [1.29, 1.82) is 0 Å². The Morgan fingerprint density at radius 2 is 1.17 bits per heavy atom. The molecule has 0 bridgehead atoms. The number of rotatable bonds is 0. The first kappa shape index (κ1) is 9.77. The Balaban J connectivity index is 2.08. The molecule has 0 N–H and O–H groups in total. The van der Waals surface area contributed by atoms with E-state index in [9.17, 15) is 0 Å². The topological polar surface area (TPSA) is 18.5 Å². The monoisotopic (exact) mass is 236 g/mol. The van der Waals surface area contributed by atoms with Crippen molar-refractivity contribution >= 4 is 22.9 Å². The molecule has 88 valence electrons. The van der Waals surface area contributed by atoms with Gasteiger partial charge in [-0.1, -0.05) is 24.3 Å². The average Bonchev–Trinajstić information content (AvgIpc) is 2.46. The van der Waals surface area contributed by atoms with Crippen molar-refractivity contribution in [2.24, 2.45) is 0 Å². The summed E-state index contributed by atoms with van der Waals surface area (Å²) in [6, 6.07) is 8.42. The molecule has 2 aromatic rings. The zero-order valence-corrected chi connectivity index (χ0v) is 9.85. The number of hydrogen-bond acceptors (Lipinski definition) is 2. The van der Waals surface area contributed by atoms with Crippen molar-refractivity contribution in [2.75, 3.05) is 13.2 Å². The Hall–Kier alpha value is -2.22. The Labute approximate surface area is 105 Å². The molecule has 0 aromatic heterocycles. The largest absolute Gasteiger partial charge is 0.488 e. The standard InChI is InChI=1S/C16H12O2/c1-3-11-5-7-14-13(15(11)17-9-1)8-6-12-4-2-10-18-16(12)14/h1-8H,9-10H2. The van der Waals surface area contributed by atoms with Crippen molar-refractivity contribution < 1.29 is 9.47 Å². The van der Waals surface area contributed by atoms with E-state index in [-0.39, 0.29) is 0 Å². The van der Waals surface area contributed by atoms with Gasteiger partial charge in [0.2, 0.25) is 0 Å². The zero-order chi connectivity index (χ0) is 11.9. The lowest BCUT2D eigenvalue weighted by atomic mass is 9.99. The van der Waals surface area contributed by atoms with Crippen LogP contribution in [0.3, 0.4) is 0 Å². The Morgan fingerprint density at radius 3 is 1.67 bits per heavy atom. The third-order valence-electron chi connectivity index (χ3n) is 3.41. The highest BCUT2D eigenvalue weighted by Gasteiger charge is 2.15. The molecule has 2 heteroatoms. The predicted molar refractivity (Wildman–Crippen MR) is 73.0 cm³/mol. The summed E-state index contributed by atoms with van der Waals surface area (Å²) in [6.07, 6.45) is 8.29. The maximum absolute atomic E-state index is 5.77. The van der Waals surface area contributed by atoms with Gasteiger partial charge in [0.25, 0.3) is 0 Å². The smallest absolute Gasteiger partial charge is 0.134 e. The lowest BCUT2D eigenvalue weighted by Crippen LogP contribution is -2.04. The van der Waals surface area contributed by atoms with Crippen LogP contribution in [0.2, 0.25) is 0 Å². The molecule has 0 amide bonds. The molecule has 4 rings (SSSR count). The minimum atomic E-state index is 0.643. The SMILES string of the molecule is C1=Cc2ccc3c4c(ccc3c2OC1)C=CCO4. The quantitative estimate of drug-likeness (QED) is 0.695. The molecule has 0 fully saturated rings. The first-order valence-corrected chi connectivity index (χ1v) is 6.12. The summed E-state index contributed by atoms with van der Waals surface area (Å²) in [5.41, 5.74) is 2.28. The fourth-order valence-electron chi connectivity index (χ4n) is 2.58. The Bertz CT molecular complexity index is 635. The number of fused-ring (bicyclic) bond motifs is 5. The van der Waals surface area contributed by atoms with E-state index in [0.717, 1.165) is 33.4 Å². The third-order valence-corrected chi connectivity index (χ3v) is 3.41. The summed E-state index contributed by atoms with van der Waals surface area (Å²) >= 11 is 0. The van der Waals surface area contributed by atoms with E-state index in [0.29, 0.717) is 13.2 Å². The molecule has 0 saturated carbocycles. The van der Waals surface area contributed by atoms with Gasteiger partial charge in [0.15, 0.2) is 0 Å². The third kappa shape index (κ3) is 1.29. The molecule has 0 saturated heterocycles. The van der Waals surface area contributed by atoms with E-state index >= 15 is 0 Å². The van der Waals surface area contributed by atoms with E-state index in [1.54, 1.807) is 0 Å². The second-order valence-electron chi connectivity index (χ2n) is 4.49. The fraction of sp³-hybridized carbons (Fsp3) is 0.125. The minimum Gasteiger partial charge on any atom is -0.488 e. The highest BCUT2D eigenvalue weighted by molar-refractivity contribution is 5.98. The summed E-state index contributed by atoms with van der Waals surface area (Å²) in [4.78, 5) is 0. The molecule has 2 aliphatic heterocycles. The number of ether oxygens (including phenoxy) is 2. The van der Waals surface area contributed by atoms with Gasteiger partial charge in [0.05, 0.1) is 0 Å². The summed E-state index contributed by atoms with van der Waals surface area (Å²) in [6.45, 7) is 1.29. The van der Waals surface area contributed by atoms with Gasteiger partial charge in [-0.15, -0.1) is 0 Å². The van der Waals surface area contributed by atoms with E-state index in [2.05, 4.69) is 36.4 Å². The highest BCUT2D eigenvalue weighted by Crippen LogP contribution is 2.40. The molecule has 2 nitrogen and oxygen atoms in total. The van der Waals surface area contributed by atoms with E-state index in [1.807, 2.05) is 12.2 Å². The summed E-state index contributed by atoms with van der Waals surface area (Å²) < 4.78 is 11.5. The molecule has 0 radical (unpaired) electrons. The summed E-state index contributed by atoms with van der Waals surface area (Å²) in [5, 5.41) is 2.26. The van der Waals surface area contributed by atoms with E-state index in [1.165, 1.54) is 0 Å². The maximum Gasteiger partial charge on any atom is 0.134 e. The molecule has 18 heavy (non-hydrogen) atoms.